The first-order valence-corrected chi connectivity index (χ1v) is 6.64. The summed E-state index contributed by atoms with van der Waals surface area (Å²) < 4.78 is 0. The number of hydrogen-bond acceptors (Lipinski definition) is 2. The fourth-order valence-electron chi connectivity index (χ4n) is 2.11. The van der Waals surface area contributed by atoms with Crippen molar-refractivity contribution in [1.82, 2.24) is 0 Å². The molecule has 0 heterocycles. The Morgan fingerprint density at radius 3 is 2.50 bits per heavy atom. The van der Waals surface area contributed by atoms with Crippen molar-refractivity contribution in [3.63, 3.8) is 0 Å². The molecule has 2 rings (SSSR count). The molecule has 0 spiro atoms. The van der Waals surface area contributed by atoms with Gasteiger partial charge in [0.2, 0.25) is 0 Å². The van der Waals surface area contributed by atoms with Gasteiger partial charge in [-0.1, -0.05) is 41.9 Å². The van der Waals surface area contributed by atoms with Crippen molar-refractivity contribution in [2.75, 3.05) is 5.32 Å². The summed E-state index contributed by atoms with van der Waals surface area (Å²) in [5.41, 5.74) is 1.05. The van der Waals surface area contributed by atoms with Crippen LogP contribution in [-0.4, -0.2) is 11.1 Å². The molecule has 0 aliphatic heterocycles. The molecule has 0 fully saturated rings. The minimum Gasteiger partial charge on any atom is -0.479 e. The number of carboxylic acid groups (broad SMARTS) is 1. The van der Waals surface area contributed by atoms with E-state index in [1.165, 1.54) is 0 Å². The van der Waals surface area contributed by atoms with Gasteiger partial charge in [0.1, 0.15) is 0 Å². The fourth-order valence-corrected chi connectivity index (χ4v) is 2.44. The predicted octanol–water partition coefficient (Wildman–Crippen LogP) is 4.06. The standard InChI is InChI=1S/C16H16ClNO2/c1-11-6-5-7-12(10-11)18-16(2,15(19)20)13-8-3-4-9-14(13)17/h3-10,18H,1-2H3,(H,19,20). The van der Waals surface area contributed by atoms with Gasteiger partial charge >= 0.3 is 5.97 Å². The van der Waals surface area contributed by atoms with Crippen LogP contribution in [0.2, 0.25) is 5.02 Å². The first-order chi connectivity index (χ1) is 9.43. The van der Waals surface area contributed by atoms with E-state index in [1.54, 1.807) is 31.2 Å². The number of hydrogen-bond donors (Lipinski definition) is 2. The van der Waals surface area contributed by atoms with E-state index < -0.39 is 11.5 Å². The van der Waals surface area contributed by atoms with Crippen molar-refractivity contribution >= 4 is 23.3 Å². The van der Waals surface area contributed by atoms with Gasteiger partial charge in [-0.3, -0.25) is 0 Å². The van der Waals surface area contributed by atoms with E-state index in [-0.39, 0.29) is 0 Å². The van der Waals surface area contributed by atoms with Crippen LogP contribution in [0.5, 0.6) is 0 Å². The van der Waals surface area contributed by atoms with Crippen molar-refractivity contribution in [2.24, 2.45) is 0 Å². The summed E-state index contributed by atoms with van der Waals surface area (Å²) in [4.78, 5) is 11.7. The smallest absolute Gasteiger partial charge is 0.333 e. The number of anilines is 1. The summed E-state index contributed by atoms with van der Waals surface area (Å²) in [7, 11) is 0. The number of carbonyl (C=O) groups is 1. The Balaban J connectivity index is 2.46. The lowest BCUT2D eigenvalue weighted by Gasteiger charge is -2.29. The molecule has 3 nitrogen and oxygen atoms in total. The molecule has 2 aromatic rings. The zero-order valence-corrected chi connectivity index (χ0v) is 12.1. The van der Waals surface area contributed by atoms with Gasteiger partial charge in [0, 0.05) is 16.3 Å². The van der Waals surface area contributed by atoms with Crippen molar-refractivity contribution < 1.29 is 9.90 Å². The predicted molar refractivity (Wildman–Crippen MR) is 81.2 cm³/mol. The van der Waals surface area contributed by atoms with Gasteiger partial charge in [-0.25, -0.2) is 4.79 Å². The highest BCUT2D eigenvalue weighted by atomic mass is 35.5. The molecular weight excluding hydrogens is 274 g/mol. The summed E-state index contributed by atoms with van der Waals surface area (Å²) in [6, 6.07) is 14.5. The van der Waals surface area contributed by atoms with Crippen LogP contribution < -0.4 is 5.32 Å². The quantitative estimate of drug-likeness (QED) is 0.892. The van der Waals surface area contributed by atoms with E-state index in [4.69, 9.17) is 11.6 Å². The maximum atomic E-state index is 11.7. The highest BCUT2D eigenvalue weighted by Crippen LogP contribution is 2.31. The van der Waals surface area contributed by atoms with Gasteiger partial charge in [0.05, 0.1) is 0 Å². The number of aliphatic carboxylic acids is 1. The summed E-state index contributed by atoms with van der Waals surface area (Å²) in [6.45, 7) is 3.57. The van der Waals surface area contributed by atoms with E-state index in [0.29, 0.717) is 10.6 Å². The molecule has 0 saturated carbocycles. The molecule has 0 amide bonds. The van der Waals surface area contributed by atoms with Crippen LogP contribution in [0.3, 0.4) is 0 Å². The van der Waals surface area contributed by atoms with E-state index >= 15 is 0 Å². The average molecular weight is 290 g/mol. The van der Waals surface area contributed by atoms with Gasteiger partial charge in [0.25, 0.3) is 0 Å². The molecule has 0 aliphatic carbocycles. The number of carboxylic acids is 1. The van der Waals surface area contributed by atoms with Crippen molar-refractivity contribution in [3.8, 4) is 0 Å². The first kappa shape index (κ1) is 14.4. The Morgan fingerprint density at radius 2 is 1.90 bits per heavy atom. The molecule has 2 aromatic carbocycles. The Morgan fingerprint density at radius 1 is 1.20 bits per heavy atom. The van der Waals surface area contributed by atoms with Gasteiger partial charge in [-0.05, 0) is 37.6 Å². The van der Waals surface area contributed by atoms with Crippen LogP contribution in [0.15, 0.2) is 48.5 Å². The van der Waals surface area contributed by atoms with Crippen LogP contribution in [0.25, 0.3) is 0 Å². The van der Waals surface area contributed by atoms with Gasteiger partial charge in [0.15, 0.2) is 5.54 Å². The molecule has 0 aromatic heterocycles. The molecule has 1 atom stereocenters. The molecular formula is C16H16ClNO2. The van der Waals surface area contributed by atoms with E-state index in [0.717, 1.165) is 11.3 Å². The number of halogens is 1. The fraction of sp³-hybridized carbons (Fsp3) is 0.188. The monoisotopic (exact) mass is 289 g/mol. The van der Waals surface area contributed by atoms with E-state index in [1.807, 2.05) is 31.2 Å². The normalized spacial score (nSPS) is 13.6. The van der Waals surface area contributed by atoms with Crippen molar-refractivity contribution in [1.29, 1.82) is 0 Å². The molecule has 0 radical (unpaired) electrons. The second-order valence-corrected chi connectivity index (χ2v) is 5.31. The van der Waals surface area contributed by atoms with Crippen molar-refractivity contribution in [3.05, 3.63) is 64.7 Å². The largest absolute Gasteiger partial charge is 0.479 e. The molecule has 104 valence electrons. The van der Waals surface area contributed by atoms with Gasteiger partial charge in [-0.15, -0.1) is 0 Å². The van der Waals surface area contributed by atoms with Gasteiger partial charge < -0.3 is 10.4 Å². The summed E-state index contributed by atoms with van der Waals surface area (Å²) in [5.74, 6) is -0.980. The molecule has 4 heteroatoms. The van der Waals surface area contributed by atoms with Gasteiger partial charge in [-0.2, -0.15) is 0 Å². The molecule has 0 bridgehead atoms. The maximum absolute atomic E-state index is 11.7. The third kappa shape index (κ3) is 2.78. The Kier molecular flexibility index (Phi) is 4.00. The topological polar surface area (TPSA) is 49.3 Å². The lowest BCUT2D eigenvalue weighted by atomic mass is 9.91. The lowest BCUT2D eigenvalue weighted by Crippen LogP contribution is -2.40. The Hall–Kier alpha value is -2.00. The third-order valence-electron chi connectivity index (χ3n) is 3.25. The van der Waals surface area contributed by atoms with Crippen molar-refractivity contribution in [2.45, 2.75) is 19.4 Å². The Bertz CT molecular complexity index is 642. The molecule has 0 aliphatic rings. The van der Waals surface area contributed by atoms with Crippen LogP contribution in [0, 0.1) is 6.92 Å². The summed E-state index contributed by atoms with van der Waals surface area (Å²) in [6.07, 6.45) is 0. The number of aryl methyl sites for hydroxylation is 1. The molecule has 1 unspecified atom stereocenters. The number of nitrogens with one attached hydrogen (secondary N) is 1. The minimum atomic E-state index is -1.29. The summed E-state index contributed by atoms with van der Waals surface area (Å²) in [5, 5.41) is 13.1. The molecule has 2 N–H and O–H groups in total. The average Bonchev–Trinajstić information content (AvgIpc) is 2.38. The maximum Gasteiger partial charge on any atom is 0.333 e. The zero-order valence-electron chi connectivity index (χ0n) is 11.4. The third-order valence-corrected chi connectivity index (χ3v) is 3.58. The van der Waals surface area contributed by atoms with Crippen LogP contribution >= 0.6 is 11.6 Å². The SMILES string of the molecule is Cc1cccc(NC(C)(C(=O)O)c2ccccc2Cl)c1. The van der Waals surface area contributed by atoms with E-state index in [9.17, 15) is 9.90 Å². The minimum absolute atomic E-state index is 0.428. The van der Waals surface area contributed by atoms with E-state index in [2.05, 4.69) is 5.32 Å². The Labute approximate surface area is 123 Å². The molecule has 20 heavy (non-hydrogen) atoms. The van der Waals surface area contributed by atoms with Crippen LogP contribution in [0.4, 0.5) is 5.69 Å². The highest BCUT2D eigenvalue weighted by Gasteiger charge is 2.36. The second-order valence-electron chi connectivity index (χ2n) is 4.90. The lowest BCUT2D eigenvalue weighted by molar-refractivity contribution is -0.142. The molecule has 0 saturated heterocycles. The number of rotatable bonds is 4. The van der Waals surface area contributed by atoms with Crippen LogP contribution in [-0.2, 0) is 10.3 Å². The first-order valence-electron chi connectivity index (χ1n) is 6.27. The zero-order chi connectivity index (χ0) is 14.8. The highest BCUT2D eigenvalue weighted by molar-refractivity contribution is 6.31. The second kappa shape index (κ2) is 5.55. The number of benzene rings is 2. The van der Waals surface area contributed by atoms with Crippen LogP contribution in [0.1, 0.15) is 18.1 Å². The summed E-state index contributed by atoms with van der Waals surface area (Å²) >= 11 is 6.15.